The minimum Gasteiger partial charge on any atom is -0.337 e. The molecule has 0 aliphatic carbocycles. The summed E-state index contributed by atoms with van der Waals surface area (Å²) in [4.78, 5) is 29.4. The Kier molecular flexibility index (Phi) is 4.90. The lowest BCUT2D eigenvalue weighted by atomic mass is 10.2. The van der Waals surface area contributed by atoms with Crippen LogP contribution in [0.15, 0.2) is 16.9 Å². The standard InChI is InChI=1S/C14H18F3N3O2/c1-10-3-4-11(12(21)18-10)13(22)20-6-2-5-19(7-8-20)9-14(15,16)17/h3-4H,2,5-9H2,1H3,(H,18,21). The molecule has 1 saturated heterocycles. The number of amides is 1. The van der Waals surface area contributed by atoms with E-state index in [4.69, 9.17) is 0 Å². The van der Waals surface area contributed by atoms with Gasteiger partial charge >= 0.3 is 6.18 Å². The monoisotopic (exact) mass is 317 g/mol. The van der Waals surface area contributed by atoms with Gasteiger partial charge in [0.1, 0.15) is 5.56 Å². The second-order valence-electron chi connectivity index (χ2n) is 5.42. The Labute approximate surface area is 125 Å². The van der Waals surface area contributed by atoms with E-state index in [1.807, 2.05) is 0 Å². The summed E-state index contributed by atoms with van der Waals surface area (Å²) in [5.74, 6) is -0.435. The molecule has 1 aromatic rings. The van der Waals surface area contributed by atoms with E-state index in [9.17, 15) is 22.8 Å². The first kappa shape index (κ1) is 16.5. The molecule has 0 bridgehead atoms. The van der Waals surface area contributed by atoms with Gasteiger partial charge in [-0.1, -0.05) is 0 Å². The highest BCUT2D eigenvalue weighted by atomic mass is 19.4. The van der Waals surface area contributed by atoms with Gasteiger partial charge in [0.15, 0.2) is 0 Å². The zero-order chi connectivity index (χ0) is 16.3. The highest BCUT2D eigenvalue weighted by Crippen LogP contribution is 2.18. The molecule has 1 aliphatic heterocycles. The molecular weight excluding hydrogens is 299 g/mol. The first-order valence-corrected chi connectivity index (χ1v) is 7.04. The maximum absolute atomic E-state index is 12.4. The van der Waals surface area contributed by atoms with E-state index in [-0.39, 0.29) is 25.2 Å². The number of nitrogens with zero attached hydrogens (tertiary/aromatic N) is 2. The third-order valence-corrected chi connectivity index (χ3v) is 3.56. The molecule has 22 heavy (non-hydrogen) atoms. The normalized spacial score (nSPS) is 17.4. The minimum absolute atomic E-state index is 0.0230. The van der Waals surface area contributed by atoms with Crippen LogP contribution in [0.4, 0.5) is 13.2 Å². The van der Waals surface area contributed by atoms with Crippen LogP contribution < -0.4 is 5.56 Å². The van der Waals surface area contributed by atoms with Gasteiger partial charge in [0.25, 0.3) is 11.5 Å². The number of H-pyrrole nitrogens is 1. The molecule has 0 unspecified atom stereocenters. The van der Waals surface area contributed by atoms with Crippen LogP contribution in [0, 0.1) is 6.92 Å². The van der Waals surface area contributed by atoms with Crippen LogP contribution in [-0.4, -0.2) is 59.6 Å². The van der Waals surface area contributed by atoms with Crippen molar-refractivity contribution < 1.29 is 18.0 Å². The van der Waals surface area contributed by atoms with Gasteiger partial charge in [-0.05, 0) is 25.5 Å². The highest BCUT2D eigenvalue weighted by molar-refractivity contribution is 5.93. The fourth-order valence-electron chi connectivity index (χ4n) is 2.50. The number of hydrogen-bond donors (Lipinski definition) is 1. The quantitative estimate of drug-likeness (QED) is 0.897. The first-order chi connectivity index (χ1) is 10.3. The molecule has 0 saturated carbocycles. The van der Waals surface area contributed by atoms with E-state index in [0.717, 1.165) is 0 Å². The zero-order valence-electron chi connectivity index (χ0n) is 12.2. The number of rotatable bonds is 2. The number of carbonyl (C=O) groups excluding carboxylic acids is 1. The second kappa shape index (κ2) is 6.51. The van der Waals surface area contributed by atoms with Crippen LogP contribution in [-0.2, 0) is 0 Å². The Morgan fingerprint density at radius 3 is 2.59 bits per heavy atom. The minimum atomic E-state index is -4.24. The van der Waals surface area contributed by atoms with Gasteiger partial charge < -0.3 is 9.88 Å². The number of aromatic amines is 1. The third kappa shape index (κ3) is 4.33. The van der Waals surface area contributed by atoms with Gasteiger partial charge in [-0.3, -0.25) is 14.5 Å². The van der Waals surface area contributed by atoms with Crippen molar-refractivity contribution in [3.8, 4) is 0 Å². The van der Waals surface area contributed by atoms with Crippen molar-refractivity contribution in [2.75, 3.05) is 32.7 Å². The van der Waals surface area contributed by atoms with Crippen LogP contribution in [0.1, 0.15) is 22.5 Å². The van der Waals surface area contributed by atoms with E-state index in [1.165, 1.54) is 15.9 Å². The van der Waals surface area contributed by atoms with E-state index < -0.39 is 24.2 Å². The van der Waals surface area contributed by atoms with Crippen molar-refractivity contribution in [2.45, 2.75) is 19.5 Å². The van der Waals surface area contributed by atoms with Crippen LogP contribution in [0.2, 0.25) is 0 Å². The number of halogens is 3. The molecule has 2 heterocycles. The summed E-state index contributed by atoms with van der Waals surface area (Å²) < 4.78 is 37.2. The van der Waals surface area contributed by atoms with Crippen molar-refractivity contribution in [1.82, 2.24) is 14.8 Å². The van der Waals surface area contributed by atoms with E-state index in [2.05, 4.69) is 4.98 Å². The second-order valence-corrected chi connectivity index (χ2v) is 5.42. The highest BCUT2D eigenvalue weighted by Gasteiger charge is 2.32. The molecule has 1 aromatic heterocycles. The number of alkyl halides is 3. The van der Waals surface area contributed by atoms with Gasteiger partial charge in [-0.15, -0.1) is 0 Å². The molecule has 122 valence electrons. The molecule has 5 nitrogen and oxygen atoms in total. The Bertz CT molecular complexity index is 598. The average Bonchev–Trinajstić information content (AvgIpc) is 2.61. The van der Waals surface area contributed by atoms with E-state index >= 15 is 0 Å². The summed E-state index contributed by atoms with van der Waals surface area (Å²) >= 11 is 0. The molecular formula is C14H18F3N3O2. The molecule has 8 heteroatoms. The van der Waals surface area contributed by atoms with Crippen molar-refractivity contribution in [1.29, 1.82) is 0 Å². The van der Waals surface area contributed by atoms with Gasteiger partial charge in [0.2, 0.25) is 0 Å². The van der Waals surface area contributed by atoms with Gasteiger partial charge in [-0.2, -0.15) is 13.2 Å². The molecule has 1 N–H and O–H groups in total. The van der Waals surface area contributed by atoms with Crippen LogP contribution >= 0.6 is 0 Å². The summed E-state index contributed by atoms with van der Waals surface area (Å²) in [6.45, 7) is 1.70. The van der Waals surface area contributed by atoms with Crippen LogP contribution in [0.25, 0.3) is 0 Å². The molecule has 0 radical (unpaired) electrons. The Balaban J connectivity index is 2.04. The maximum Gasteiger partial charge on any atom is 0.401 e. The van der Waals surface area contributed by atoms with Crippen LogP contribution in [0.5, 0.6) is 0 Å². The molecule has 0 aromatic carbocycles. The molecule has 1 aliphatic rings. The molecule has 0 atom stereocenters. The number of nitrogens with one attached hydrogen (secondary N) is 1. The summed E-state index contributed by atoms with van der Waals surface area (Å²) in [6, 6.07) is 3.08. The number of hydrogen-bond acceptors (Lipinski definition) is 3. The third-order valence-electron chi connectivity index (χ3n) is 3.56. The summed E-state index contributed by atoms with van der Waals surface area (Å²) in [5.41, 5.74) is 0.199. The predicted molar refractivity (Wildman–Crippen MR) is 74.8 cm³/mol. The number of pyridine rings is 1. The zero-order valence-corrected chi connectivity index (χ0v) is 12.2. The molecule has 0 spiro atoms. The molecule has 2 rings (SSSR count). The van der Waals surface area contributed by atoms with E-state index in [1.54, 1.807) is 13.0 Å². The van der Waals surface area contributed by atoms with Gasteiger partial charge in [0, 0.05) is 31.9 Å². The summed E-state index contributed by atoms with van der Waals surface area (Å²) in [5, 5.41) is 0. The first-order valence-electron chi connectivity index (χ1n) is 7.04. The average molecular weight is 317 g/mol. The van der Waals surface area contributed by atoms with Crippen molar-refractivity contribution in [3.05, 3.63) is 33.7 Å². The van der Waals surface area contributed by atoms with E-state index in [0.29, 0.717) is 18.7 Å². The smallest absolute Gasteiger partial charge is 0.337 e. The maximum atomic E-state index is 12.4. The summed E-state index contributed by atoms with van der Waals surface area (Å²) in [6.07, 6.45) is -3.79. The lowest BCUT2D eigenvalue weighted by Crippen LogP contribution is -2.39. The Morgan fingerprint density at radius 2 is 1.95 bits per heavy atom. The number of aryl methyl sites for hydroxylation is 1. The fourth-order valence-corrected chi connectivity index (χ4v) is 2.50. The molecule has 1 amide bonds. The van der Waals surface area contributed by atoms with Gasteiger partial charge in [-0.25, -0.2) is 0 Å². The van der Waals surface area contributed by atoms with Crippen LogP contribution in [0.3, 0.4) is 0 Å². The Morgan fingerprint density at radius 1 is 1.23 bits per heavy atom. The lowest BCUT2D eigenvalue weighted by molar-refractivity contribution is -0.145. The number of aromatic nitrogens is 1. The predicted octanol–water partition coefficient (Wildman–Crippen LogP) is 1.39. The lowest BCUT2D eigenvalue weighted by Gasteiger charge is -2.22. The molecule has 1 fully saturated rings. The fraction of sp³-hybridized carbons (Fsp3) is 0.571. The van der Waals surface area contributed by atoms with Crippen molar-refractivity contribution in [3.63, 3.8) is 0 Å². The Hall–Kier alpha value is -1.83. The van der Waals surface area contributed by atoms with Crippen molar-refractivity contribution in [2.24, 2.45) is 0 Å². The SMILES string of the molecule is Cc1ccc(C(=O)N2CCCN(CC(F)(F)F)CC2)c(=O)[nH]1. The van der Waals surface area contributed by atoms with Gasteiger partial charge in [0.05, 0.1) is 6.54 Å². The largest absolute Gasteiger partial charge is 0.401 e. The van der Waals surface area contributed by atoms with Crippen molar-refractivity contribution >= 4 is 5.91 Å². The topological polar surface area (TPSA) is 56.4 Å². The summed E-state index contributed by atoms with van der Waals surface area (Å²) in [7, 11) is 0. The number of carbonyl (C=O) groups is 1.